The van der Waals surface area contributed by atoms with Crippen molar-refractivity contribution in [3.05, 3.63) is 0 Å². The molecular formula is C26H53N11O11. The van der Waals surface area contributed by atoms with Crippen molar-refractivity contribution in [3.63, 3.8) is 0 Å². The number of aliphatic hydroxyl groups is 1. The van der Waals surface area contributed by atoms with Gasteiger partial charge < -0.3 is 88.9 Å². The van der Waals surface area contributed by atoms with Crippen LogP contribution in [0.2, 0.25) is 0 Å². The largest absolute Gasteiger partial charge is 0.409 e. The molecule has 0 bridgehead atoms. The summed E-state index contributed by atoms with van der Waals surface area (Å²) in [6.45, 7) is -0.510. The summed E-state index contributed by atoms with van der Waals surface area (Å²) in [5.74, 6) is -0.893. The maximum atomic E-state index is 9.35. The van der Waals surface area contributed by atoms with E-state index in [1.54, 1.807) is 0 Å². The number of ether oxygens (including phenoxy) is 5. The van der Waals surface area contributed by atoms with Crippen LogP contribution in [0.25, 0.3) is 0 Å². The maximum absolute atomic E-state index is 9.35. The molecule has 4 unspecified atom stereocenters. The van der Waals surface area contributed by atoms with Crippen molar-refractivity contribution in [3.8, 4) is 0 Å². The lowest BCUT2D eigenvalue weighted by Gasteiger charge is -2.38. The van der Waals surface area contributed by atoms with Crippen LogP contribution in [0.4, 0.5) is 0 Å². The van der Waals surface area contributed by atoms with Crippen LogP contribution >= 0.6 is 0 Å². The van der Waals surface area contributed by atoms with E-state index in [2.05, 4.69) is 25.8 Å². The van der Waals surface area contributed by atoms with Crippen molar-refractivity contribution in [2.45, 2.75) is 69.7 Å². The molecule has 0 aliphatic carbocycles. The SMILES string of the molecule is N=C(CO)CCCC(COCC/C(N)=N/O)C(OCCC(N)=NO)C(OCCC(N)=NO)C(COCCC(N)=NO)OCCC(N)=NO. The Morgan fingerprint density at radius 3 is 1.38 bits per heavy atom. The highest BCUT2D eigenvalue weighted by molar-refractivity contribution is 5.82. The molecule has 0 aromatic heterocycles. The fraction of sp³-hybridized carbons (Fsp3) is 0.769. The molecule has 0 aromatic rings. The summed E-state index contributed by atoms with van der Waals surface area (Å²) in [5.41, 5.74) is 28.3. The Hall–Kier alpha value is -4.22. The van der Waals surface area contributed by atoms with Crippen molar-refractivity contribution in [2.24, 2.45) is 60.4 Å². The van der Waals surface area contributed by atoms with Gasteiger partial charge in [-0.3, -0.25) is 0 Å². The highest BCUT2D eigenvalue weighted by Gasteiger charge is 2.38. The molecule has 48 heavy (non-hydrogen) atoms. The first kappa shape index (κ1) is 43.8. The van der Waals surface area contributed by atoms with Gasteiger partial charge >= 0.3 is 0 Å². The zero-order valence-electron chi connectivity index (χ0n) is 27.0. The number of oxime groups is 5. The summed E-state index contributed by atoms with van der Waals surface area (Å²) in [6, 6.07) is 0. The molecule has 22 nitrogen and oxygen atoms in total. The Balaban J connectivity index is 6.68. The van der Waals surface area contributed by atoms with Gasteiger partial charge in [0.05, 0.1) is 59.0 Å². The number of amidine groups is 5. The average Bonchev–Trinajstić information content (AvgIpc) is 3.10. The third-order valence-electron chi connectivity index (χ3n) is 6.69. The van der Waals surface area contributed by atoms with E-state index in [1.807, 2.05) is 0 Å². The van der Waals surface area contributed by atoms with Gasteiger partial charge in [-0.15, -0.1) is 0 Å². The molecule has 0 saturated heterocycles. The summed E-state index contributed by atoms with van der Waals surface area (Å²) in [6.07, 6.45) is -1.37. The van der Waals surface area contributed by atoms with Gasteiger partial charge in [-0.25, -0.2) is 0 Å². The summed E-state index contributed by atoms with van der Waals surface area (Å²) >= 11 is 0. The second-order valence-electron chi connectivity index (χ2n) is 10.4. The van der Waals surface area contributed by atoms with Crippen LogP contribution in [0.15, 0.2) is 25.8 Å². The van der Waals surface area contributed by atoms with E-state index in [0.717, 1.165) is 0 Å². The van der Waals surface area contributed by atoms with Crippen LogP contribution < -0.4 is 28.7 Å². The average molecular weight is 696 g/mol. The molecule has 0 aliphatic rings. The van der Waals surface area contributed by atoms with Crippen molar-refractivity contribution >= 4 is 34.9 Å². The molecule has 278 valence electrons. The monoisotopic (exact) mass is 695 g/mol. The Bertz CT molecular complexity index is 1030. The van der Waals surface area contributed by atoms with E-state index in [9.17, 15) is 5.11 Å². The molecule has 22 heteroatoms. The van der Waals surface area contributed by atoms with Crippen LogP contribution in [-0.4, -0.2) is 137 Å². The Morgan fingerprint density at radius 2 is 0.938 bits per heavy atom. The lowest BCUT2D eigenvalue weighted by molar-refractivity contribution is -0.173. The first-order valence-electron chi connectivity index (χ1n) is 15.1. The van der Waals surface area contributed by atoms with Gasteiger partial charge in [-0.1, -0.05) is 25.8 Å². The summed E-state index contributed by atoms with van der Waals surface area (Å²) in [5, 5.41) is 76.9. The minimum Gasteiger partial charge on any atom is -0.409 e. The molecule has 4 atom stereocenters. The van der Waals surface area contributed by atoms with Gasteiger partial charge in [0.25, 0.3) is 0 Å². The third kappa shape index (κ3) is 20.8. The van der Waals surface area contributed by atoms with E-state index >= 15 is 0 Å². The number of nitrogens with zero attached hydrogens (tertiary/aromatic N) is 5. The summed E-state index contributed by atoms with van der Waals surface area (Å²) < 4.78 is 30.4. The molecule has 0 aliphatic heterocycles. The molecule has 17 N–H and O–H groups in total. The molecule has 0 aromatic carbocycles. The molecule has 0 fully saturated rings. The second-order valence-corrected chi connectivity index (χ2v) is 10.4. The summed E-state index contributed by atoms with van der Waals surface area (Å²) in [4.78, 5) is 0. The first-order chi connectivity index (χ1) is 23.1. The number of rotatable bonds is 30. The van der Waals surface area contributed by atoms with Crippen LogP contribution in [0, 0.1) is 11.3 Å². The first-order valence-corrected chi connectivity index (χ1v) is 15.1. The number of nitrogens with one attached hydrogen (secondary N) is 1. The standard InChI is InChI=1S/C26H53N11O11/c27-18(14-38)3-1-2-17(15-44-9-4-20(28)33-39)25(47-12-7-23(31)36-42)26(48-13-8-24(32)37-43)19(46-11-6-22(30)35-41)16-45-10-5-21(29)34-40/h17,19,25-27,38-43H,1-16H2,(H2,28,33)(H2,29,34)(H2,30,35)(H2,31,36)(H2,32,37). The number of hydrogen-bond donors (Lipinski definition) is 12. The zero-order valence-corrected chi connectivity index (χ0v) is 27.0. The number of hydrogen-bond acceptors (Lipinski definition) is 17. The van der Waals surface area contributed by atoms with Crippen molar-refractivity contribution < 1.29 is 54.8 Å². The van der Waals surface area contributed by atoms with Crippen molar-refractivity contribution in [1.82, 2.24) is 0 Å². The van der Waals surface area contributed by atoms with Gasteiger partial charge in [0, 0.05) is 43.7 Å². The maximum Gasteiger partial charge on any atom is 0.141 e. The lowest BCUT2D eigenvalue weighted by atomic mass is 9.89. The number of nitrogens with two attached hydrogens (primary N) is 5. The smallest absolute Gasteiger partial charge is 0.141 e. The molecule has 0 heterocycles. The zero-order chi connectivity index (χ0) is 36.2. The Labute approximate surface area is 278 Å². The van der Waals surface area contributed by atoms with E-state index in [-0.39, 0.29) is 120 Å². The predicted molar refractivity (Wildman–Crippen MR) is 173 cm³/mol. The quantitative estimate of drug-likeness (QED) is 0.0136. The topological polar surface area (TPSA) is 383 Å². The Morgan fingerprint density at radius 1 is 0.542 bits per heavy atom. The highest BCUT2D eigenvalue weighted by Crippen LogP contribution is 2.26. The van der Waals surface area contributed by atoms with E-state index in [0.29, 0.717) is 12.8 Å². The fourth-order valence-electron chi connectivity index (χ4n) is 4.10. The van der Waals surface area contributed by atoms with E-state index < -0.39 is 30.8 Å². The van der Waals surface area contributed by atoms with Crippen LogP contribution in [0.1, 0.15) is 51.4 Å². The lowest BCUT2D eigenvalue weighted by Crippen LogP contribution is -2.50. The molecular weight excluding hydrogens is 642 g/mol. The van der Waals surface area contributed by atoms with E-state index in [4.69, 9.17) is 83.8 Å². The minimum atomic E-state index is -0.977. The number of aliphatic hydroxyl groups excluding tert-OH is 1. The molecule has 0 spiro atoms. The molecule has 0 rings (SSSR count). The molecule has 0 amide bonds. The van der Waals surface area contributed by atoms with Crippen LogP contribution in [0.3, 0.4) is 0 Å². The minimum absolute atomic E-state index is 0.0135. The van der Waals surface area contributed by atoms with E-state index in [1.165, 1.54) is 0 Å². The van der Waals surface area contributed by atoms with Crippen LogP contribution in [-0.2, 0) is 23.7 Å². The molecule has 0 radical (unpaired) electrons. The second kappa shape index (κ2) is 27.9. The van der Waals surface area contributed by atoms with Gasteiger partial charge in [-0.05, 0) is 19.3 Å². The normalized spacial score (nSPS) is 16.1. The van der Waals surface area contributed by atoms with Gasteiger partial charge in [0.2, 0.25) is 0 Å². The van der Waals surface area contributed by atoms with Crippen LogP contribution in [0.5, 0.6) is 0 Å². The van der Waals surface area contributed by atoms with Gasteiger partial charge in [0.15, 0.2) is 0 Å². The Kier molecular flexibility index (Phi) is 25.4. The molecule has 0 saturated carbocycles. The summed E-state index contributed by atoms with van der Waals surface area (Å²) in [7, 11) is 0. The van der Waals surface area contributed by atoms with Gasteiger partial charge in [-0.2, -0.15) is 0 Å². The predicted octanol–water partition coefficient (Wildman–Crippen LogP) is -1.34. The van der Waals surface area contributed by atoms with Crippen molar-refractivity contribution in [1.29, 1.82) is 5.41 Å². The highest BCUT2D eigenvalue weighted by atomic mass is 16.6. The van der Waals surface area contributed by atoms with Gasteiger partial charge in [0.1, 0.15) is 41.4 Å². The van der Waals surface area contributed by atoms with Crippen molar-refractivity contribution in [2.75, 3.05) is 52.9 Å². The third-order valence-corrected chi connectivity index (χ3v) is 6.69. The fourth-order valence-corrected chi connectivity index (χ4v) is 4.10.